The molecular weight excluding hydrogens is 504 g/mol. The van der Waals surface area contributed by atoms with Crippen LogP contribution in [0.4, 0.5) is 14.5 Å². The van der Waals surface area contributed by atoms with E-state index in [1.807, 2.05) is 0 Å². The average molecular weight is 530 g/mol. The van der Waals surface area contributed by atoms with Gasteiger partial charge in [-0.15, -0.1) is 0 Å². The fourth-order valence-electron chi connectivity index (χ4n) is 4.06. The van der Waals surface area contributed by atoms with E-state index < -0.39 is 35.4 Å². The smallest absolute Gasteiger partial charge is 0.270 e. The van der Waals surface area contributed by atoms with E-state index in [1.165, 1.54) is 53.4 Å². The summed E-state index contributed by atoms with van der Waals surface area (Å²) in [6.07, 6.45) is 1.51. The van der Waals surface area contributed by atoms with Crippen LogP contribution in [0, 0.1) is 11.6 Å². The van der Waals surface area contributed by atoms with E-state index >= 15 is 0 Å². The van der Waals surface area contributed by atoms with Crippen molar-refractivity contribution in [2.24, 2.45) is 5.73 Å². The zero-order valence-electron chi connectivity index (χ0n) is 19.7. The van der Waals surface area contributed by atoms with Crippen molar-refractivity contribution < 1.29 is 27.9 Å². The lowest BCUT2D eigenvalue weighted by molar-refractivity contribution is -0.126. The minimum atomic E-state index is -1.22. The minimum absolute atomic E-state index is 0.0880. The molecule has 3 aromatic rings. The first kappa shape index (κ1) is 26.2. The van der Waals surface area contributed by atoms with Gasteiger partial charge in [-0.05, 0) is 59.8 Å². The molecule has 37 heavy (non-hydrogen) atoms. The molecule has 194 valence electrons. The number of nitrogens with one attached hydrogen (secondary N) is 1. The SMILES string of the molecule is NC(=O)c1nsc(C(=O)N(Cc2ccc(F)cc2)[C@@H](C(=O)NC[C@H]2CCCO2)c2ccc(F)cc2)c1N. The first-order valence-electron chi connectivity index (χ1n) is 11.5. The number of hydrogen-bond donors (Lipinski definition) is 3. The fraction of sp³-hybridized carbons (Fsp3) is 0.280. The van der Waals surface area contributed by atoms with E-state index in [2.05, 4.69) is 9.69 Å². The molecule has 2 atom stereocenters. The zero-order valence-corrected chi connectivity index (χ0v) is 20.5. The van der Waals surface area contributed by atoms with Crippen molar-refractivity contribution in [2.75, 3.05) is 18.9 Å². The fourth-order valence-corrected chi connectivity index (χ4v) is 4.82. The third-order valence-corrected chi connectivity index (χ3v) is 6.81. The van der Waals surface area contributed by atoms with E-state index in [1.54, 1.807) is 0 Å². The van der Waals surface area contributed by atoms with Crippen LogP contribution in [0.1, 0.15) is 50.2 Å². The normalized spacial score (nSPS) is 15.8. The maximum absolute atomic E-state index is 13.8. The summed E-state index contributed by atoms with van der Waals surface area (Å²) in [7, 11) is 0. The number of hydrogen-bond acceptors (Lipinski definition) is 7. The van der Waals surface area contributed by atoms with E-state index in [-0.39, 0.29) is 35.5 Å². The van der Waals surface area contributed by atoms with Crippen molar-refractivity contribution in [1.82, 2.24) is 14.6 Å². The van der Waals surface area contributed by atoms with Crippen molar-refractivity contribution >= 4 is 34.9 Å². The molecule has 5 N–H and O–H groups in total. The second-order valence-electron chi connectivity index (χ2n) is 8.53. The number of nitrogen functional groups attached to an aromatic ring is 1. The number of carbonyl (C=O) groups excluding carboxylic acids is 3. The highest BCUT2D eigenvalue weighted by Gasteiger charge is 2.35. The maximum Gasteiger partial charge on any atom is 0.270 e. The van der Waals surface area contributed by atoms with Gasteiger partial charge in [0.05, 0.1) is 11.8 Å². The molecule has 2 heterocycles. The summed E-state index contributed by atoms with van der Waals surface area (Å²) in [4.78, 5) is 40.2. The second-order valence-corrected chi connectivity index (χ2v) is 9.31. The third kappa shape index (κ3) is 6.09. The lowest BCUT2D eigenvalue weighted by Crippen LogP contribution is -2.45. The summed E-state index contributed by atoms with van der Waals surface area (Å²) in [6.45, 7) is 0.700. The van der Waals surface area contributed by atoms with E-state index in [0.717, 1.165) is 12.8 Å². The number of aromatic nitrogens is 1. The zero-order chi connectivity index (χ0) is 26.5. The van der Waals surface area contributed by atoms with Gasteiger partial charge in [0.15, 0.2) is 5.69 Å². The molecule has 0 saturated carbocycles. The molecule has 1 aromatic heterocycles. The van der Waals surface area contributed by atoms with Crippen LogP contribution in [0.2, 0.25) is 0 Å². The summed E-state index contributed by atoms with van der Waals surface area (Å²) in [6, 6.07) is 9.37. The van der Waals surface area contributed by atoms with Crippen molar-refractivity contribution in [3.63, 3.8) is 0 Å². The number of carbonyl (C=O) groups is 3. The molecule has 1 aliphatic rings. The number of ether oxygens (including phenoxy) is 1. The molecule has 0 aliphatic carbocycles. The Morgan fingerprint density at radius 3 is 2.32 bits per heavy atom. The van der Waals surface area contributed by atoms with Gasteiger partial charge in [-0.2, -0.15) is 4.37 Å². The summed E-state index contributed by atoms with van der Waals surface area (Å²) >= 11 is 0.676. The Morgan fingerprint density at radius 1 is 1.11 bits per heavy atom. The van der Waals surface area contributed by atoms with Crippen LogP contribution in [-0.2, 0) is 16.1 Å². The highest BCUT2D eigenvalue weighted by molar-refractivity contribution is 7.09. The number of nitrogens with two attached hydrogens (primary N) is 2. The van der Waals surface area contributed by atoms with E-state index in [4.69, 9.17) is 16.2 Å². The Labute approximate surface area is 215 Å². The van der Waals surface area contributed by atoms with Crippen LogP contribution in [0.5, 0.6) is 0 Å². The van der Waals surface area contributed by atoms with E-state index in [9.17, 15) is 23.2 Å². The van der Waals surface area contributed by atoms with Gasteiger partial charge in [0.1, 0.15) is 22.6 Å². The van der Waals surface area contributed by atoms with Gasteiger partial charge < -0.3 is 26.4 Å². The van der Waals surface area contributed by atoms with Crippen LogP contribution >= 0.6 is 11.5 Å². The molecule has 0 bridgehead atoms. The van der Waals surface area contributed by atoms with Crippen LogP contribution < -0.4 is 16.8 Å². The number of rotatable bonds is 9. The van der Waals surface area contributed by atoms with Crippen LogP contribution in [0.25, 0.3) is 0 Å². The monoisotopic (exact) mass is 529 g/mol. The van der Waals surface area contributed by atoms with Crippen molar-refractivity contribution in [1.29, 1.82) is 0 Å². The molecular formula is C25H25F2N5O4S. The number of anilines is 1. The number of nitrogens with zero attached hydrogens (tertiary/aromatic N) is 2. The average Bonchev–Trinajstić information content (AvgIpc) is 3.54. The largest absolute Gasteiger partial charge is 0.395 e. The van der Waals surface area contributed by atoms with Gasteiger partial charge in [0.25, 0.3) is 11.8 Å². The summed E-state index contributed by atoms with van der Waals surface area (Å²) in [5.74, 6) is -3.12. The molecule has 12 heteroatoms. The standard InChI is InChI=1S/C25H25F2N5O4S/c26-16-7-3-14(4-8-16)13-32(25(35)22-19(28)20(23(29)33)31-37-22)21(15-5-9-17(27)10-6-15)24(34)30-12-18-2-1-11-36-18/h3-10,18,21H,1-2,11-13,28H2,(H2,29,33)(H,30,34)/t18-,21-/m1/s1. The second kappa shape index (κ2) is 11.4. The predicted molar refractivity (Wildman–Crippen MR) is 132 cm³/mol. The van der Waals surface area contributed by atoms with Gasteiger partial charge in [0.2, 0.25) is 5.91 Å². The van der Waals surface area contributed by atoms with Crippen LogP contribution in [0.15, 0.2) is 48.5 Å². The van der Waals surface area contributed by atoms with Crippen LogP contribution in [-0.4, -0.2) is 46.3 Å². The Bertz CT molecular complexity index is 1280. The molecule has 0 spiro atoms. The molecule has 3 amide bonds. The lowest BCUT2D eigenvalue weighted by Gasteiger charge is -2.31. The van der Waals surface area contributed by atoms with Gasteiger partial charge in [-0.25, -0.2) is 8.78 Å². The van der Waals surface area contributed by atoms with Crippen LogP contribution in [0.3, 0.4) is 0 Å². The quantitative estimate of drug-likeness (QED) is 0.389. The number of primary amides is 1. The lowest BCUT2D eigenvalue weighted by atomic mass is 10.0. The van der Waals surface area contributed by atoms with Crippen molar-refractivity contribution in [3.05, 3.63) is 81.9 Å². The molecule has 1 aliphatic heterocycles. The molecule has 0 radical (unpaired) electrons. The Kier molecular flexibility index (Phi) is 8.09. The Balaban J connectivity index is 1.75. The number of benzene rings is 2. The van der Waals surface area contributed by atoms with Crippen molar-refractivity contribution in [2.45, 2.75) is 31.5 Å². The number of halogens is 2. The first-order valence-corrected chi connectivity index (χ1v) is 12.3. The molecule has 9 nitrogen and oxygen atoms in total. The molecule has 4 rings (SSSR count). The Morgan fingerprint density at radius 2 is 1.76 bits per heavy atom. The molecule has 1 fully saturated rings. The molecule has 0 unspecified atom stereocenters. The molecule has 1 saturated heterocycles. The summed E-state index contributed by atoms with van der Waals surface area (Å²) in [5, 5.41) is 2.83. The molecule has 2 aromatic carbocycles. The topological polar surface area (TPSA) is 141 Å². The highest BCUT2D eigenvalue weighted by Crippen LogP contribution is 2.30. The maximum atomic E-state index is 13.8. The van der Waals surface area contributed by atoms with Gasteiger partial charge in [0, 0.05) is 19.7 Å². The highest BCUT2D eigenvalue weighted by atomic mass is 32.1. The minimum Gasteiger partial charge on any atom is -0.395 e. The van der Waals surface area contributed by atoms with Crippen molar-refractivity contribution in [3.8, 4) is 0 Å². The predicted octanol–water partition coefficient (Wildman–Crippen LogP) is 2.78. The van der Waals surface area contributed by atoms with Gasteiger partial charge >= 0.3 is 0 Å². The van der Waals surface area contributed by atoms with Gasteiger partial charge in [-0.3, -0.25) is 14.4 Å². The van der Waals surface area contributed by atoms with Gasteiger partial charge in [-0.1, -0.05) is 24.3 Å². The van der Waals surface area contributed by atoms with E-state index in [0.29, 0.717) is 29.3 Å². The third-order valence-electron chi connectivity index (χ3n) is 5.96. The first-order chi connectivity index (χ1) is 17.7. The summed E-state index contributed by atoms with van der Waals surface area (Å²) in [5.41, 5.74) is 11.7. The summed E-state index contributed by atoms with van der Waals surface area (Å²) < 4.78 is 36.8. The Hall–Kier alpha value is -3.90. The number of amides is 3.